The molecule has 10 nitrogen and oxygen atoms in total. The van der Waals surface area contributed by atoms with E-state index in [1.54, 1.807) is 0 Å². The lowest BCUT2D eigenvalue weighted by Gasteiger charge is -2.39. The lowest BCUT2D eigenvalue weighted by Crippen LogP contribution is -2.48. The number of carbonyl (C=O) groups is 2. The molecule has 2 aromatic heterocycles. The number of piperidine rings is 1. The number of nitrogens with one attached hydrogen (secondary N) is 1. The molecule has 0 atom stereocenters. The van der Waals surface area contributed by atoms with Gasteiger partial charge in [0.1, 0.15) is 5.56 Å². The first-order chi connectivity index (χ1) is 15.0. The minimum atomic E-state index is -5.13. The van der Waals surface area contributed by atoms with E-state index in [0.717, 1.165) is 11.1 Å². The molecular weight excluding hydrogens is 438 g/mol. The van der Waals surface area contributed by atoms with Gasteiger partial charge in [-0.3, -0.25) is 9.48 Å². The van der Waals surface area contributed by atoms with E-state index in [-0.39, 0.29) is 49.4 Å². The van der Waals surface area contributed by atoms with Crippen LogP contribution in [0.15, 0.2) is 24.5 Å². The molecule has 3 N–H and O–H groups in total. The summed E-state index contributed by atoms with van der Waals surface area (Å²) in [6, 6.07) is 4.52. The molecule has 3 heterocycles. The molecule has 32 heavy (non-hydrogen) atoms. The van der Waals surface area contributed by atoms with Gasteiger partial charge in [-0.15, -0.1) is 5.06 Å². The summed E-state index contributed by atoms with van der Waals surface area (Å²) < 4.78 is 52.0. The number of hydrogen-bond acceptors (Lipinski definition) is 8. The van der Waals surface area contributed by atoms with Crippen molar-refractivity contribution in [3.63, 3.8) is 0 Å². The zero-order chi connectivity index (χ0) is 23.5. The predicted octanol–water partition coefficient (Wildman–Crippen LogP) is 1.98. The highest BCUT2D eigenvalue weighted by Crippen LogP contribution is 2.35. The van der Waals surface area contributed by atoms with Crippen molar-refractivity contribution < 1.29 is 32.0 Å². The van der Waals surface area contributed by atoms with Gasteiger partial charge in [0.15, 0.2) is 5.82 Å². The summed E-state index contributed by atoms with van der Waals surface area (Å²) in [7, 11) is 0. The molecule has 0 radical (unpaired) electrons. The number of rotatable bonds is 6. The zero-order valence-corrected chi connectivity index (χ0v) is 16.4. The largest absolute Gasteiger partial charge is 0.492 e. The minimum Gasteiger partial charge on any atom is -0.365 e. The van der Waals surface area contributed by atoms with Crippen LogP contribution < -0.4 is 11.1 Å². The number of hydroxylamine groups is 2. The third-order valence-corrected chi connectivity index (χ3v) is 4.96. The van der Waals surface area contributed by atoms with Crippen molar-refractivity contribution in [1.82, 2.24) is 19.8 Å². The molecule has 0 unspecified atom stereocenters. The molecule has 1 aliphatic rings. The lowest BCUT2D eigenvalue weighted by atomic mass is 9.85. The van der Waals surface area contributed by atoms with Crippen molar-refractivity contribution >= 4 is 23.4 Å². The number of nitriles is 1. The van der Waals surface area contributed by atoms with Crippen LogP contribution in [0.3, 0.4) is 0 Å². The maximum Gasteiger partial charge on any atom is 0.492 e. The zero-order valence-electron chi connectivity index (χ0n) is 16.4. The molecular formula is C18H17F4N7O3. The second kappa shape index (κ2) is 8.79. The van der Waals surface area contributed by atoms with Gasteiger partial charge in [-0.05, 0) is 18.9 Å². The Bertz CT molecular complexity index is 1060. The highest BCUT2D eigenvalue weighted by Gasteiger charge is 2.45. The molecule has 1 aliphatic heterocycles. The van der Waals surface area contributed by atoms with Crippen LogP contribution in [0, 0.1) is 17.3 Å². The number of hydrogen-bond donors (Lipinski definition) is 2. The van der Waals surface area contributed by atoms with E-state index in [4.69, 9.17) is 5.73 Å². The number of alkyl halides is 3. The van der Waals surface area contributed by atoms with E-state index in [0.29, 0.717) is 0 Å². The Hall–Kier alpha value is -3.73. The fourth-order valence-electron chi connectivity index (χ4n) is 3.30. The number of carbonyl (C=O) groups excluding carboxylic acids is 2. The average Bonchev–Trinajstić information content (AvgIpc) is 3.14. The minimum absolute atomic E-state index is 0.00587. The van der Waals surface area contributed by atoms with Crippen molar-refractivity contribution in [2.75, 3.05) is 18.4 Å². The number of halogens is 4. The molecule has 1 saturated heterocycles. The molecule has 1 amide bonds. The number of anilines is 2. The van der Waals surface area contributed by atoms with Gasteiger partial charge in [-0.2, -0.15) is 27.9 Å². The number of primary amides is 1. The van der Waals surface area contributed by atoms with Crippen molar-refractivity contribution in [2.45, 2.75) is 31.0 Å². The number of amides is 1. The monoisotopic (exact) mass is 455 g/mol. The van der Waals surface area contributed by atoms with Crippen LogP contribution in [0.5, 0.6) is 0 Å². The third kappa shape index (κ3) is 4.94. The Morgan fingerprint density at radius 3 is 2.59 bits per heavy atom. The first kappa shape index (κ1) is 22.9. The Balaban J connectivity index is 1.85. The van der Waals surface area contributed by atoms with E-state index in [1.165, 1.54) is 23.1 Å². The molecule has 0 saturated carbocycles. The maximum absolute atomic E-state index is 13.4. The van der Waals surface area contributed by atoms with Crippen molar-refractivity contribution in [1.29, 1.82) is 5.26 Å². The third-order valence-electron chi connectivity index (χ3n) is 4.96. The fraction of sp³-hybridized carbons (Fsp3) is 0.389. The summed E-state index contributed by atoms with van der Waals surface area (Å²) >= 11 is 0. The smallest absolute Gasteiger partial charge is 0.365 e. The number of nitrogens with zero attached hydrogens (tertiary/aromatic N) is 5. The van der Waals surface area contributed by atoms with Crippen LogP contribution in [0.1, 0.15) is 29.6 Å². The topological polar surface area (TPSA) is 139 Å². The lowest BCUT2D eigenvalue weighted by molar-refractivity contribution is -0.244. The average molecular weight is 455 g/mol. The van der Waals surface area contributed by atoms with Gasteiger partial charge in [0.05, 0.1) is 18.0 Å². The number of pyridine rings is 1. The maximum atomic E-state index is 13.4. The molecule has 0 bridgehead atoms. The Kier molecular flexibility index (Phi) is 6.30. The van der Waals surface area contributed by atoms with E-state index in [9.17, 15) is 32.4 Å². The van der Waals surface area contributed by atoms with Crippen molar-refractivity contribution in [2.24, 2.45) is 5.73 Å². The van der Waals surface area contributed by atoms with Gasteiger partial charge >= 0.3 is 12.1 Å². The quantitative estimate of drug-likeness (QED) is 0.498. The van der Waals surface area contributed by atoms with Crippen LogP contribution >= 0.6 is 0 Å². The Morgan fingerprint density at radius 2 is 2.03 bits per heavy atom. The second-order valence-electron chi connectivity index (χ2n) is 7.06. The summed E-state index contributed by atoms with van der Waals surface area (Å²) in [6.07, 6.45) is -2.52. The molecule has 0 spiro atoms. The summed E-state index contributed by atoms with van der Waals surface area (Å²) in [5.74, 6) is -3.93. The van der Waals surface area contributed by atoms with Gasteiger partial charge in [-0.1, -0.05) is 0 Å². The molecule has 170 valence electrons. The van der Waals surface area contributed by atoms with E-state index < -0.39 is 29.5 Å². The first-order valence-corrected chi connectivity index (χ1v) is 9.24. The second-order valence-corrected chi connectivity index (χ2v) is 7.06. The molecule has 1 fully saturated rings. The van der Waals surface area contributed by atoms with Gasteiger partial charge in [0, 0.05) is 37.2 Å². The molecule has 14 heteroatoms. The van der Waals surface area contributed by atoms with Crippen LogP contribution in [-0.4, -0.2) is 51.0 Å². The van der Waals surface area contributed by atoms with Crippen LogP contribution in [0.4, 0.5) is 29.1 Å². The predicted molar refractivity (Wildman–Crippen MR) is 99.4 cm³/mol. The molecule has 0 aromatic carbocycles. The van der Waals surface area contributed by atoms with Crippen molar-refractivity contribution in [3.8, 4) is 6.07 Å². The Labute approximate surface area is 178 Å². The Morgan fingerprint density at radius 1 is 1.34 bits per heavy atom. The van der Waals surface area contributed by atoms with E-state index in [2.05, 4.69) is 20.2 Å². The SMILES string of the molecule is N#CCC1(n2cc(C(N)=O)c(Nc3ccnc(F)c3)n2)CCN(OC(=O)C(F)(F)F)CC1. The van der Waals surface area contributed by atoms with Crippen LogP contribution in [0.2, 0.25) is 0 Å². The van der Waals surface area contributed by atoms with Gasteiger partial charge in [0.2, 0.25) is 5.95 Å². The highest BCUT2D eigenvalue weighted by atomic mass is 19.4. The van der Waals surface area contributed by atoms with Crippen LogP contribution in [0.25, 0.3) is 0 Å². The van der Waals surface area contributed by atoms with Crippen molar-refractivity contribution in [3.05, 3.63) is 36.0 Å². The molecule has 2 aromatic rings. The molecule has 3 rings (SSSR count). The standard InChI is InChI=1S/C18H17F4N7O3/c19-13-9-11(1-6-25-13)26-15-12(14(24)30)10-29(27-15)17(2-5-23)3-7-28(8-4-17)32-16(31)18(20,21)22/h1,6,9-10H,2-4,7-8H2,(H2,24,30)(H,25,26,27). The summed E-state index contributed by atoms with van der Waals surface area (Å²) in [4.78, 5) is 30.7. The van der Waals surface area contributed by atoms with Crippen LogP contribution in [-0.2, 0) is 15.2 Å². The summed E-state index contributed by atoms with van der Waals surface area (Å²) in [5, 5.41) is 17.2. The van der Waals surface area contributed by atoms with Gasteiger partial charge in [0.25, 0.3) is 5.91 Å². The molecule has 0 aliphatic carbocycles. The van der Waals surface area contributed by atoms with E-state index >= 15 is 0 Å². The first-order valence-electron chi connectivity index (χ1n) is 9.24. The highest BCUT2D eigenvalue weighted by molar-refractivity contribution is 5.98. The number of aromatic nitrogens is 3. The van der Waals surface area contributed by atoms with Gasteiger partial charge in [-0.25, -0.2) is 9.78 Å². The fourth-order valence-corrected chi connectivity index (χ4v) is 3.30. The number of nitrogens with two attached hydrogens (primary N) is 1. The summed E-state index contributed by atoms with van der Waals surface area (Å²) in [5.41, 5.74) is 4.63. The normalized spacial score (nSPS) is 16.2. The van der Waals surface area contributed by atoms with E-state index in [1.807, 2.05) is 6.07 Å². The van der Waals surface area contributed by atoms with Gasteiger partial charge < -0.3 is 15.9 Å². The summed E-state index contributed by atoms with van der Waals surface area (Å²) in [6.45, 7) is -0.207.